The molecule has 0 bridgehead atoms. The Morgan fingerprint density at radius 2 is 1.41 bits per heavy atom. The van der Waals surface area contributed by atoms with Crippen LogP contribution in [0.2, 0.25) is 0 Å². The fourth-order valence-electron chi connectivity index (χ4n) is 3.10. The van der Waals surface area contributed by atoms with Crippen LogP contribution in [0.3, 0.4) is 0 Å². The summed E-state index contributed by atoms with van der Waals surface area (Å²) in [5.41, 5.74) is 10.4. The maximum Gasteiger partial charge on any atom is 0.159 e. The highest BCUT2D eigenvalue weighted by Crippen LogP contribution is 2.23. The third-order valence-electron chi connectivity index (χ3n) is 4.43. The Morgan fingerprint density at radius 1 is 0.828 bits per heavy atom. The van der Waals surface area contributed by atoms with Crippen molar-refractivity contribution in [2.24, 2.45) is 4.99 Å². The molecule has 3 aromatic carbocycles. The number of nitrogens with zero attached hydrogens (tertiary/aromatic N) is 3. The minimum atomic E-state index is 0.413. The molecule has 140 valence electrons. The number of nitriles is 1. The van der Waals surface area contributed by atoms with Gasteiger partial charge in [-0.2, -0.15) is 5.26 Å². The molecular weight excluding hydrogens is 358 g/mol. The van der Waals surface area contributed by atoms with Gasteiger partial charge in [-0.3, -0.25) is 4.57 Å². The van der Waals surface area contributed by atoms with E-state index in [-0.39, 0.29) is 0 Å². The zero-order valence-electron chi connectivity index (χ0n) is 15.7. The van der Waals surface area contributed by atoms with E-state index in [9.17, 15) is 5.26 Å². The van der Waals surface area contributed by atoms with Crippen molar-refractivity contribution in [3.05, 3.63) is 108 Å². The summed E-state index contributed by atoms with van der Waals surface area (Å²) in [6.07, 6.45) is 0. The van der Waals surface area contributed by atoms with Crippen molar-refractivity contribution in [1.82, 2.24) is 4.57 Å². The maximum atomic E-state index is 10.0. The van der Waals surface area contributed by atoms with Crippen LogP contribution in [-0.4, -0.2) is 4.57 Å². The number of benzene rings is 3. The van der Waals surface area contributed by atoms with E-state index in [1.807, 2.05) is 91.0 Å². The second-order valence-electron chi connectivity index (χ2n) is 6.40. The van der Waals surface area contributed by atoms with Gasteiger partial charge in [0.2, 0.25) is 0 Å². The van der Waals surface area contributed by atoms with Gasteiger partial charge in [-0.1, -0.05) is 54.6 Å². The molecule has 0 fully saturated rings. The number of aromatic nitrogens is 1. The molecule has 0 aliphatic rings. The van der Waals surface area contributed by atoms with Crippen molar-refractivity contribution >= 4 is 22.9 Å². The van der Waals surface area contributed by atoms with E-state index in [4.69, 9.17) is 10.7 Å². The van der Waals surface area contributed by atoms with E-state index in [1.165, 1.54) is 0 Å². The van der Waals surface area contributed by atoms with E-state index in [2.05, 4.69) is 11.4 Å². The van der Waals surface area contributed by atoms with Crippen LogP contribution in [0.15, 0.2) is 102 Å². The number of hydrogen-bond acceptors (Lipinski definition) is 4. The average Bonchev–Trinajstić information content (AvgIpc) is 2.76. The fourth-order valence-corrected chi connectivity index (χ4v) is 3.10. The van der Waals surface area contributed by atoms with Crippen LogP contribution < -0.4 is 16.5 Å². The highest BCUT2D eigenvalue weighted by molar-refractivity contribution is 5.69. The topological polar surface area (TPSA) is 79.1 Å². The van der Waals surface area contributed by atoms with E-state index in [0.717, 1.165) is 17.1 Å². The zero-order valence-corrected chi connectivity index (χ0v) is 15.7. The molecule has 0 aliphatic heterocycles. The standard InChI is InChI=1S/C24H19N5/c25-17-21-22(27-18-10-4-1-5-11-18)16-23(26)29(20-14-8-3-9-15-20)24(21)28-19-12-6-2-7-13-19/h1-16,27H,26H2. The Balaban J connectivity index is 2.00. The Morgan fingerprint density at radius 3 is 2.03 bits per heavy atom. The van der Waals surface area contributed by atoms with Gasteiger partial charge in [-0.05, 0) is 36.4 Å². The smallest absolute Gasteiger partial charge is 0.159 e. The Bertz CT molecular complexity index is 1220. The number of anilines is 3. The monoisotopic (exact) mass is 377 g/mol. The lowest BCUT2D eigenvalue weighted by atomic mass is 10.2. The summed E-state index contributed by atoms with van der Waals surface area (Å²) >= 11 is 0. The molecule has 1 heterocycles. The second-order valence-corrected chi connectivity index (χ2v) is 6.40. The fraction of sp³-hybridized carbons (Fsp3) is 0. The third kappa shape index (κ3) is 3.87. The Hall–Kier alpha value is -4.30. The molecule has 0 atom stereocenters. The summed E-state index contributed by atoms with van der Waals surface area (Å²) in [5.74, 6) is 0.475. The predicted molar refractivity (Wildman–Crippen MR) is 116 cm³/mol. The van der Waals surface area contributed by atoms with Gasteiger partial charge in [-0.15, -0.1) is 0 Å². The second kappa shape index (κ2) is 8.15. The number of nitrogen functional groups attached to an aromatic ring is 1. The van der Waals surface area contributed by atoms with Gasteiger partial charge in [0.15, 0.2) is 5.49 Å². The molecule has 0 saturated heterocycles. The minimum absolute atomic E-state index is 0.413. The third-order valence-corrected chi connectivity index (χ3v) is 4.43. The van der Waals surface area contributed by atoms with Crippen molar-refractivity contribution in [2.45, 2.75) is 0 Å². The quantitative estimate of drug-likeness (QED) is 0.530. The van der Waals surface area contributed by atoms with Crippen molar-refractivity contribution in [3.8, 4) is 11.8 Å². The highest BCUT2D eigenvalue weighted by Gasteiger charge is 2.14. The van der Waals surface area contributed by atoms with Crippen molar-refractivity contribution in [1.29, 1.82) is 5.26 Å². The number of rotatable bonds is 4. The molecule has 1 aromatic heterocycles. The molecular formula is C24H19N5. The first-order valence-electron chi connectivity index (χ1n) is 9.19. The Kier molecular flexibility index (Phi) is 5.08. The average molecular weight is 377 g/mol. The molecule has 3 N–H and O–H groups in total. The molecule has 0 spiro atoms. The van der Waals surface area contributed by atoms with Crippen LogP contribution in [0.5, 0.6) is 0 Å². The van der Waals surface area contributed by atoms with Gasteiger partial charge in [0, 0.05) is 17.4 Å². The van der Waals surface area contributed by atoms with E-state index >= 15 is 0 Å². The van der Waals surface area contributed by atoms with E-state index in [1.54, 1.807) is 10.6 Å². The molecule has 0 aliphatic carbocycles. The van der Waals surface area contributed by atoms with Gasteiger partial charge in [0.25, 0.3) is 0 Å². The van der Waals surface area contributed by atoms with Crippen molar-refractivity contribution in [2.75, 3.05) is 11.1 Å². The number of para-hydroxylation sites is 3. The molecule has 4 rings (SSSR count). The van der Waals surface area contributed by atoms with Crippen LogP contribution in [0.25, 0.3) is 5.69 Å². The lowest BCUT2D eigenvalue weighted by Crippen LogP contribution is -2.26. The van der Waals surface area contributed by atoms with Gasteiger partial charge >= 0.3 is 0 Å². The molecule has 5 heteroatoms. The van der Waals surface area contributed by atoms with Gasteiger partial charge < -0.3 is 11.1 Å². The number of pyridine rings is 1. The summed E-state index contributed by atoms with van der Waals surface area (Å²) in [6.45, 7) is 0. The van der Waals surface area contributed by atoms with Crippen LogP contribution >= 0.6 is 0 Å². The number of nitrogens with two attached hydrogens (primary N) is 1. The Labute approximate surface area is 169 Å². The summed E-state index contributed by atoms with van der Waals surface area (Å²) in [6, 6.07) is 32.9. The van der Waals surface area contributed by atoms with Crippen LogP contribution in [0.1, 0.15) is 5.56 Å². The molecule has 0 unspecified atom stereocenters. The van der Waals surface area contributed by atoms with Crippen molar-refractivity contribution in [3.63, 3.8) is 0 Å². The van der Waals surface area contributed by atoms with Gasteiger partial charge in [-0.25, -0.2) is 4.99 Å². The number of nitrogens with one attached hydrogen (secondary N) is 1. The summed E-state index contributed by atoms with van der Waals surface area (Å²) in [4.78, 5) is 4.77. The normalized spacial score (nSPS) is 11.1. The first-order valence-corrected chi connectivity index (χ1v) is 9.19. The molecule has 0 radical (unpaired) electrons. The minimum Gasteiger partial charge on any atom is -0.385 e. The predicted octanol–water partition coefficient (Wildman–Crippen LogP) is 4.91. The zero-order chi connectivity index (χ0) is 20.1. The maximum absolute atomic E-state index is 10.0. The highest BCUT2D eigenvalue weighted by atomic mass is 15.1. The summed E-state index contributed by atoms with van der Waals surface area (Å²) < 4.78 is 1.79. The molecule has 5 nitrogen and oxygen atoms in total. The van der Waals surface area contributed by atoms with Crippen LogP contribution in [0, 0.1) is 11.3 Å². The first kappa shape index (κ1) is 18.1. The van der Waals surface area contributed by atoms with Crippen LogP contribution in [0.4, 0.5) is 22.9 Å². The van der Waals surface area contributed by atoms with Crippen molar-refractivity contribution < 1.29 is 0 Å². The van der Waals surface area contributed by atoms with E-state index in [0.29, 0.717) is 22.6 Å². The molecule has 29 heavy (non-hydrogen) atoms. The van der Waals surface area contributed by atoms with E-state index < -0.39 is 0 Å². The van der Waals surface area contributed by atoms with Gasteiger partial charge in [0.05, 0.1) is 11.4 Å². The lowest BCUT2D eigenvalue weighted by Gasteiger charge is -2.16. The molecule has 0 amide bonds. The van der Waals surface area contributed by atoms with Gasteiger partial charge in [0.1, 0.15) is 17.5 Å². The molecule has 4 aromatic rings. The SMILES string of the molecule is N#Cc1c(Nc2ccccc2)cc(N)n(-c2ccccc2)c1=Nc1ccccc1. The van der Waals surface area contributed by atoms with Crippen LogP contribution in [-0.2, 0) is 0 Å². The summed E-state index contributed by atoms with van der Waals surface area (Å²) in [7, 11) is 0. The first-order chi connectivity index (χ1) is 14.3. The summed E-state index contributed by atoms with van der Waals surface area (Å²) in [5, 5.41) is 13.3. The molecule has 0 saturated carbocycles. The largest absolute Gasteiger partial charge is 0.385 e. The lowest BCUT2D eigenvalue weighted by molar-refractivity contribution is 0.957. The number of hydrogen-bond donors (Lipinski definition) is 2.